The third-order valence-electron chi connectivity index (χ3n) is 3.15. The highest BCUT2D eigenvalue weighted by Gasteiger charge is 2.39. The van der Waals surface area contributed by atoms with Crippen LogP contribution in [0.3, 0.4) is 0 Å². The van der Waals surface area contributed by atoms with E-state index in [9.17, 15) is 4.79 Å². The van der Waals surface area contributed by atoms with E-state index in [0.717, 1.165) is 19.3 Å². The second-order valence-electron chi connectivity index (χ2n) is 4.44. The number of ether oxygens (including phenoxy) is 1. The van der Waals surface area contributed by atoms with E-state index in [0.29, 0.717) is 18.8 Å². The highest BCUT2D eigenvalue weighted by molar-refractivity contribution is 5.70. The molecule has 1 saturated carbocycles. The largest absolute Gasteiger partial charge is 0.469 e. The molecule has 1 rings (SSSR count). The molecule has 1 aliphatic rings. The van der Waals surface area contributed by atoms with E-state index in [2.05, 4.69) is 17.7 Å². The van der Waals surface area contributed by atoms with E-state index >= 15 is 0 Å². The predicted octanol–water partition coefficient (Wildman–Crippen LogP) is 2.27. The molecule has 0 aromatic rings. The second-order valence-corrected chi connectivity index (χ2v) is 4.44. The Morgan fingerprint density at radius 1 is 1.71 bits per heavy atom. The van der Waals surface area contributed by atoms with E-state index in [1.165, 1.54) is 7.11 Å². The van der Waals surface area contributed by atoms with Gasteiger partial charge in [0, 0.05) is 6.42 Å². The number of hydrogen-bond acceptors (Lipinski definition) is 3. The fraction of sp³-hybridized carbons (Fsp3) is 0.818. The fourth-order valence-electron chi connectivity index (χ4n) is 2.43. The summed E-state index contributed by atoms with van der Waals surface area (Å²) < 4.78 is 4.67. The van der Waals surface area contributed by atoms with Gasteiger partial charge in [-0.15, -0.1) is 0 Å². The van der Waals surface area contributed by atoms with E-state index in [4.69, 9.17) is 5.26 Å². The van der Waals surface area contributed by atoms with Gasteiger partial charge < -0.3 is 4.74 Å². The lowest BCUT2D eigenvalue weighted by atomic mass is 9.79. The molecule has 0 aromatic heterocycles. The lowest BCUT2D eigenvalue weighted by Gasteiger charge is -2.24. The molecule has 0 amide bonds. The van der Waals surface area contributed by atoms with Gasteiger partial charge in [0.15, 0.2) is 0 Å². The summed E-state index contributed by atoms with van der Waals surface area (Å²) in [6.45, 7) is 2.18. The molecule has 3 heteroatoms. The van der Waals surface area contributed by atoms with E-state index in [-0.39, 0.29) is 11.4 Å². The molecule has 3 nitrogen and oxygen atoms in total. The number of rotatable bonds is 3. The summed E-state index contributed by atoms with van der Waals surface area (Å²) >= 11 is 0. The zero-order valence-corrected chi connectivity index (χ0v) is 8.88. The molecule has 1 aliphatic carbocycles. The number of nitrogens with zero attached hydrogens (tertiary/aromatic N) is 1. The van der Waals surface area contributed by atoms with Crippen molar-refractivity contribution in [3.63, 3.8) is 0 Å². The first kappa shape index (κ1) is 11.0. The van der Waals surface area contributed by atoms with Gasteiger partial charge in [0.2, 0.25) is 0 Å². The van der Waals surface area contributed by atoms with Gasteiger partial charge in [0.05, 0.1) is 19.6 Å². The lowest BCUT2D eigenvalue weighted by molar-refractivity contribution is -0.143. The molecular formula is C11H17NO2. The smallest absolute Gasteiger partial charge is 0.306 e. The highest BCUT2D eigenvalue weighted by atomic mass is 16.5. The van der Waals surface area contributed by atoms with Crippen LogP contribution in [0.15, 0.2) is 0 Å². The van der Waals surface area contributed by atoms with Gasteiger partial charge in [-0.1, -0.05) is 13.3 Å². The Hall–Kier alpha value is -1.04. The minimum absolute atomic E-state index is 0.0960. The molecule has 0 spiro atoms. The zero-order chi connectivity index (χ0) is 10.6. The van der Waals surface area contributed by atoms with Gasteiger partial charge in [-0.2, -0.15) is 5.26 Å². The monoisotopic (exact) mass is 195 g/mol. The highest BCUT2D eigenvalue weighted by Crippen LogP contribution is 2.46. The van der Waals surface area contributed by atoms with Crippen LogP contribution in [-0.2, 0) is 9.53 Å². The van der Waals surface area contributed by atoms with E-state index < -0.39 is 0 Å². The molecule has 0 saturated heterocycles. The maximum atomic E-state index is 11.2. The molecule has 14 heavy (non-hydrogen) atoms. The average molecular weight is 195 g/mol. The van der Waals surface area contributed by atoms with Crippen LogP contribution in [0.1, 0.15) is 39.0 Å². The van der Waals surface area contributed by atoms with Crippen molar-refractivity contribution in [2.45, 2.75) is 39.0 Å². The van der Waals surface area contributed by atoms with Crippen LogP contribution < -0.4 is 0 Å². The van der Waals surface area contributed by atoms with Crippen molar-refractivity contribution in [3.8, 4) is 6.07 Å². The number of hydrogen-bond donors (Lipinski definition) is 0. The first-order chi connectivity index (χ1) is 6.62. The summed E-state index contributed by atoms with van der Waals surface area (Å²) in [5.41, 5.74) is -0.0960. The number of nitriles is 1. The SMILES string of the molecule is COC(=O)C[C@]1(CC#N)CCC(C)C1. The topological polar surface area (TPSA) is 50.1 Å². The molecule has 0 N–H and O–H groups in total. The molecule has 1 fully saturated rings. The number of carbonyl (C=O) groups excluding carboxylic acids is 1. The third kappa shape index (κ3) is 2.47. The minimum atomic E-state index is -0.186. The Balaban J connectivity index is 2.64. The molecule has 78 valence electrons. The van der Waals surface area contributed by atoms with Crippen molar-refractivity contribution in [1.29, 1.82) is 5.26 Å². The molecular weight excluding hydrogens is 178 g/mol. The van der Waals surface area contributed by atoms with Crippen molar-refractivity contribution in [2.75, 3.05) is 7.11 Å². The molecule has 0 heterocycles. The summed E-state index contributed by atoms with van der Waals surface area (Å²) in [5, 5.41) is 8.76. The first-order valence-electron chi connectivity index (χ1n) is 5.06. The van der Waals surface area contributed by atoms with Gasteiger partial charge >= 0.3 is 5.97 Å². The van der Waals surface area contributed by atoms with Crippen LogP contribution in [0.4, 0.5) is 0 Å². The van der Waals surface area contributed by atoms with Gasteiger partial charge in [0.25, 0.3) is 0 Å². The zero-order valence-electron chi connectivity index (χ0n) is 8.88. The maximum Gasteiger partial charge on any atom is 0.306 e. The molecule has 0 aliphatic heterocycles. The molecule has 0 aromatic carbocycles. The molecule has 0 radical (unpaired) electrons. The van der Waals surface area contributed by atoms with E-state index in [1.807, 2.05) is 0 Å². The molecule has 0 bridgehead atoms. The van der Waals surface area contributed by atoms with Crippen LogP contribution in [0, 0.1) is 22.7 Å². The summed E-state index contributed by atoms with van der Waals surface area (Å²) in [6.07, 6.45) is 3.97. The van der Waals surface area contributed by atoms with Gasteiger partial charge in [-0.05, 0) is 24.2 Å². The lowest BCUT2D eigenvalue weighted by Crippen LogP contribution is -2.21. The van der Waals surface area contributed by atoms with Crippen LogP contribution in [0.2, 0.25) is 0 Å². The third-order valence-corrected chi connectivity index (χ3v) is 3.15. The Morgan fingerprint density at radius 3 is 2.86 bits per heavy atom. The average Bonchev–Trinajstić information content (AvgIpc) is 2.48. The maximum absolute atomic E-state index is 11.2. The van der Waals surface area contributed by atoms with Crippen molar-refractivity contribution in [3.05, 3.63) is 0 Å². The van der Waals surface area contributed by atoms with Crippen LogP contribution >= 0.6 is 0 Å². The predicted molar refractivity (Wildman–Crippen MR) is 52.3 cm³/mol. The summed E-state index contributed by atoms with van der Waals surface area (Å²) in [5.74, 6) is 0.447. The normalized spacial score (nSPS) is 31.1. The van der Waals surface area contributed by atoms with Crippen LogP contribution in [0.25, 0.3) is 0 Å². The first-order valence-corrected chi connectivity index (χ1v) is 5.06. The Labute approximate surface area is 85.1 Å². The van der Waals surface area contributed by atoms with Crippen molar-refractivity contribution in [1.82, 2.24) is 0 Å². The second kappa shape index (κ2) is 4.45. The van der Waals surface area contributed by atoms with Crippen molar-refractivity contribution in [2.24, 2.45) is 11.3 Å². The Morgan fingerprint density at radius 2 is 2.43 bits per heavy atom. The standard InChI is InChI=1S/C11H17NO2/c1-9-3-4-11(7-9,5-6-12)8-10(13)14-2/h9H,3-5,7-8H2,1-2H3/t9?,11-/m0/s1. The minimum Gasteiger partial charge on any atom is -0.469 e. The number of esters is 1. The van der Waals surface area contributed by atoms with Gasteiger partial charge in [-0.3, -0.25) is 4.79 Å². The van der Waals surface area contributed by atoms with Crippen LogP contribution in [-0.4, -0.2) is 13.1 Å². The van der Waals surface area contributed by atoms with Crippen molar-refractivity contribution < 1.29 is 9.53 Å². The summed E-state index contributed by atoms with van der Waals surface area (Å²) in [4.78, 5) is 11.2. The van der Waals surface area contributed by atoms with Gasteiger partial charge in [0.1, 0.15) is 0 Å². The fourth-order valence-corrected chi connectivity index (χ4v) is 2.43. The summed E-state index contributed by atoms with van der Waals surface area (Å²) in [7, 11) is 1.40. The Kier molecular flexibility index (Phi) is 3.51. The number of carbonyl (C=O) groups is 1. The van der Waals surface area contributed by atoms with Crippen molar-refractivity contribution >= 4 is 5.97 Å². The van der Waals surface area contributed by atoms with Gasteiger partial charge in [-0.25, -0.2) is 0 Å². The molecule has 2 atom stereocenters. The molecule has 1 unspecified atom stereocenters. The quantitative estimate of drug-likeness (QED) is 0.649. The summed E-state index contributed by atoms with van der Waals surface area (Å²) in [6, 6.07) is 2.19. The van der Waals surface area contributed by atoms with Crippen LogP contribution in [0.5, 0.6) is 0 Å². The van der Waals surface area contributed by atoms with E-state index in [1.54, 1.807) is 0 Å². The Bertz CT molecular complexity index is 257. The number of methoxy groups -OCH3 is 1.